The summed E-state index contributed by atoms with van der Waals surface area (Å²) >= 11 is 0. The number of carbonyl (C=O) groups is 3. The SMILES string of the molecule is CCc1nc(C(N)=O)c(Nc2ccc(N3CCC(N4CCN(Cc5ccccc5N5CCC(=O)NC5=O)CC4)CC3)c(OC)c2)nc1NC1CCOCC1. The van der Waals surface area contributed by atoms with E-state index in [1.807, 2.05) is 37.3 Å². The highest BCUT2D eigenvalue weighted by molar-refractivity contribution is 6.06. The van der Waals surface area contributed by atoms with Gasteiger partial charge in [0.2, 0.25) is 5.91 Å². The number of aromatic nitrogens is 2. The third-order valence-corrected chi connectivity index (χ3v) is 11.0. The predicted molar refractivity (Wildman–Crippen MR) is 208 cm³/mol. The number of nitrogens with one attached hydrogen (secondary N) is 3. The van der Waals surface area contributed by atoms with E-state index < -0.39 is 5.91 Å². The van der Waals surface area contributed by atoms with Crippen LogP contribution in [0.15, 0.2) is 42.5 Å². The summed E-state index contributed by atoms with van der Waals surface area (Å²) in [6.45, 7) is 10.3. The average Bonchev–Trinajstić information content (AvgIpc) is 3.19. The molecule has 15 nitrogen and oxygen atoms in total. The lowest BCUT2D eigenvalue weighted by molar-refractivity contribution is -0.120. The van der Waals surface area contributed by atoms with E-state index in [-0.39, 0.29) is 23.7 Å². The van der Waals surface area contributed by atoms with E-state index >= 15 is 0 Å². The number of piperidine rings is 1. The summed E-state index contributed by atoms with van der Waals surface area (Å²) in [6.07, 6.45) is 4.78. The summed E-state index contributed by atoms with van der Waals surface area (Å²) in [6, 6.07) is 14.4. The number of carbonyl (C=O) groups excluding carboxylic acids is 3. The molecule has 5 heterocycles. The second-order valence-electron chi connectivity index (χ2n) is 14.4. The first kappa shape index (κ1) is 37.3. The lowest BCUT2D eigenvalue weighted by Gasteiger charge is -2.43. The molecule has 1 aromatic heterocycles. The maximum atomic E-state index is 12.5. The van der Waals surface area contributed by atoms with Gasteiger partial charge in [-0.25, -0.2) is 14.8 Å². The fourth-order valence-electron chi connectivity index (χ4n) is 7.98. The molecule has 54 heavy (non-hydrogen) atoms. The molecule has 4 amide bonds. The van der Waals surface area contributed by atoms with Crippen molar-refractivity contribution in [2.45, 2.75) is 64.1 Å². The van der Waals surface area contributed by atoms with Crippen LogP contribution in [-0.2, 0) is 22.5 Å². The van der Waals surface area contributed by atoms with Crippen molar-refractivity contribution in [3.05, 3.63) is 59.4 Å². The topological polar surface area (TPSA) is 171 Å². The van der Waals surface area contributed by atoms with E-state index in [0.29, 0.717) is 56.0 Å². The normalized spacial score (nSPS) is 19.4. The maximum Gasteiger partial charge on any atom is 0.328 e. The molecule has 2 aromatic carbocycles. The fourth-order valence-corrected chi connectivity index (χ4v) is 7.98. The van der Waals surface area contributed by atoms with Crippen molar-refractivity contribution in [1.29, 1.82) is 0 Å². The van der Waals surface area contributed by atoms with Gasteiger partial charge in [0.25, 0.3) is 5.91 Å². The molecule has 288 valence electrons. The minimum absolute atomic E-state index is 0.102. The van der Waals surface area contributed by atoms with Gasteiger partial charge in [-0.15, -0.1) is 0 Å². The predicted octanol–water partition coefficient (Wildman–Crippen LogP) is 3.71. The average molecular weight is 741 g/mol. The Bertz CT molecular complexity index is 1820. The Balaban J connectivity index is 0.948. The van der Waals surface area contributed by atoms with Crippen LogP contribution in [0.4, 0.5) is 33.5 Å². The number of benzene rings is 2. The van der Waals surface area contributed by atoms with Crippen molar-refractivity contribution >= 4 is 46.5 Å². The first-order valence-electron chi connectivity index (χ1n) is 19.2. The number of anilines is 5. The third-order valence-electron chi connectivity index (χ3n) is 11.0. The number of piperazine rings is 1. The molecule has 0 atom stereocenters. The molecule has 3 aromatic rings. The second-order valence-corrected chi connectivity index (χ2v) is 14.4. The zero-order chi connectivity index (χ0) is 37.6. The number of urea groups is 1. The van der Waals surface area contributed by atoms with Crippen molar-refractivity contribution in [2.24, 2.45) is 5.73 Å². The van der Waals surface area contributed by atoms with Crippen LogP contribution in [0.2, 0.25) is 0 Å². The smallest absolute Gasteiger partial charge is 0.328 e. The molecule has 15 heteroatoms. The summed E-state index contributed by atoms with van der Waals surface area (Å²) in [5, 5.41) is 9.26. The number of rotatable bonds is 12. The van der Waals surface area contributed by atoms with Crippen molar-refractivity contribution in [3.63, 3.8) is 0 Å². The fraction of sp³-hybridized carbons (Fsp3) is 0.513. The first-order chi connectivity index (χ1) is 26.3. The molecule has 0 spiro atoms. The number of para-hydroxylation sites is 1. The highest BCUT2D eigenvalue weighted by Gasteiger charge is 2.30. The van der Waals surface area contributed by atoms with Gasteiger partial charge < -0.3 is 30.7 Å². The van der Waals surface area contributed by atoms with Crippen molar-refractivity contribution in [3.8, 4) is 5.75 Å². The number of primary amides is 1. The minimum atomic E-state index is -0.640. The lowest BCUT2D eigenvalue weighted by atomic mass is 10.0. The van der Waals surface area contributed by atoms with Gasteiger partial charge in [-0.2, -0.15) is 0 Å². The largest absolute Gasteiger partial charge is 0.495 e. The van der Waals surface area contributed by atoms with Gasteiger partial charge in [-0.1, -0.05) is 25.1 Å². The monoisotopic (exact) mass is 740 g/mol. The van der Waals surface area contributed by atoms with Gasteiger partial charge in [-0.05, 0) is 55.9 Å². The standard InChI is InChI=1S/C39H52N10O5/c1-3-30-37(41-27-13-22-54-23-14-27)45-38(35(43-30)36(40)51)42-28-8-9-32(33(24-28)53-2)48-15-10-29(11-16-48)47-20-18-46(19-21-47)25-26-6-4-5-7-31(26)49-17-12-34(50)44-39(49)52/h4-9,24,27,29H,3,10-23,25H2,1-2H3,(H2,40,51)(H2,41,42,45)(H,44,50,52). The number of aryl methyl sites for hydroxylation is 1. The molecular formula is C39H52N10O5. The Morgan fingerprint density at radius 2 is 1.70 bits per heavy atom. The first-order valence-corrected chi connectivity index (χ1v) is 19.2. The molecule has 4 saturated heterocycles. The van der Waals surface area contributed by atoms with Gasteiger partial charge in [0.1, 0.15) is 5.75 Å². The molecule has 0 saturated carbocycles. The Labute approximate surface area is 316 Å². The Kier molecular flexibility index (Phi) is 11.7. The van der Waals surface area contributed by atoms with Gasteiger partial charge >= 0.3 is 6.03 Å². The number of ether oxygens (including phenoxy) is 2. The highest BCUT2D eigenvalue weighted by Crippen LogP contribution is 2.35. The molecule has 5 N–H and O–H groups in total. The van der Waals surface area contributed by atoms with Crippen LogP contribution in [0.3, 0.4) is 0 Å². The van der Waals surface area contributed by atoms with E-state index in [0.717, 1.165) is 99.9 Å². The number of nitrogens with two attached hydrogens (primary N) is 1. The van der Waals surface area contributed by atoms with Crippen LogP contribution in [0, 0.1) is 0 Å². The number of nitrogens with zero attached hydrogens (tertiary/aromatic N) is 6. The van der Waals surface area contributed by atoms with E-state index in [4.69, 9.17) is 20.2 Å². The number of imide groups is 1. The molecular weight excluding hydrogens is 688 g/mol. The lowest BCUT2D eigenvalue weighted by Crippen LogP contribution is -2.53. The summed E-state index contributed by atoms with van der Waals surface area (Å²) < 4.78 is 11.4. The maximum absolute atomic E-state index is 12.5. The van der Waals surface area contributed by atoms with Gasteiger partial charge in [0, 0.05) is 102 Å². The van der Waals surface area contributed by atoms with Crippen LogP contribution < -0.4 is 36.2 Å². The van der Waals surface area contributed by atoms with Crippen LogP contribution in [-0.4, -0.2) is 116 Å². The number of hydrogen-bond acceptors (Lipinski definition) is 12. The van der Waals surface area contributed by atoms with Crippen molar-refractivity contribution in [2.75, 3.05) is 86.6 Å². The van der Waals surface area contributed by atoms with Crippen molar-refractivity contribution < 1.29 is 23.9 Å². The summed E-state index contributed by atoms with van der Waals surface area (Å²) in [4.78, 5) is 55.3. The molecule has 0 unspecified atom stereocenters. The van der Waals surface area contributed by atoms with E-state index in [1.165, 1.54) is 0 Å². The van der Waals surface area contributed by atoms with Crippen LogP contribution in [0.25, 0.3) is 0 Å². The highest BCUT2D eigenvalue weighted by atomic mass is 16.5. The molecule has 7 rings (SSSR count). The molecule has 0 radical (unpaired) electrons. The number of amides is 4. The summed E-state index contributed by atoms with van der Waals surface area (Å²) in [7, 11) is 1.68. The number of hydrogen-bond donors (Lipinski definition) is 4. The van der Waals surface area contributed by atoms with Crippen LogP contribution >= 0.6 is 0 Å². The third kappa shape index (κ3) is 8.53. The number of methoxy groups -OCH3 is 1. The van der Waals surface area contributed by atoms with E-state index in [2.05, 4.69) is 47.8 Å². The van der Waals surface area contributed by atoms with E-state index in [9.17, 15) is 14.4 Å². The molecule has 0 bridgehead atoms. The zero-order valence-corrected chi connectivity index (χ0v) is 31.3. The Hall–Kier alpha value is -4.99. The van der Waals surface area contributed by atoms with Gasteiger partial charge in [-0.3, -0.25) is 29.6 Å². The van der Waals surface area contributed by atoms with Crippen LogP contribution in [0.5, 0.6) is 5.75 Å². The molecule has 4 aliphatic rings. The zero-order valence-electron chi connectivity index (χ0n) is 31.3. The van der Waals surface area contributed by atoms with Gasteiger partial charge in [0.15, 0.2) is 17.3 Å². The Morgan fingerprint density at radius 3 is 2.41 bits per heavy atom. The van der Waals surface area contributed by atoms with Crippen molar-refractivity contribution in [1.82, 2.24) is 25.1 Å². The van der Waals surface area contributed by atoms with Crippen LogP contribution in [0.1, 0.15) is 60.8 Å². The molecule has 0 aliphatic carbocycles. The minimum Gasteiger partial charge on any atom is -0.495 e. The molecule has 4 aliphatic heterocycles. The van der Waals surface area contributed by atoms with Gasteiger partial charge in [0.05, 0.1) is 18.5 Å². The molecule has 4 fully saturated rings. The summed E-state index contributed by atoms with van der Waals surface area (Å²) in [5.74, 6) is 0.831. The Morgan fingerprint density at radius 1 is 0.944 bits per heavy atom. The second kappa shape index (κ2) is 17.0. The van der Waals surface area contributed by atoms with E-state index in [1.54, 1.807) is 12.0 Å². The summed E-state index contributed by atoms with van der Waals surface area (Å²) in [5.41, 5.74) is 10.3. The quantitative estimate of drug-likeness (QED) is 0.213.